The molecule has 1 unspecified atom stereocenters. The molecule has 88 valence electrons. The van der Waals surface area contributed by atoms with Crippen molar-refractivity contribution < 1.29 is 18.3 Å². The monoisotopic (exact) mass is 230 g/mol. The zero-order valence-electron chi connectivity index (χ0n) is 8.45. The van der Waals surface area contributed by atoms with E-state index in [9.17, 15) is 13.6 Å². The minimum atomic E-state index is -0.850. The van der Waals surface area contributed by atoms with Gasteiger partial charge in [0, 0.05) is 12.5 Å². The molecule has 0 fully saturated rings. The summed E-state index contributed by atoms with van der Waals surface area (Å²) in [6, 6.07) is 2.01. The van der Waals surface area contributed by atoms with Crippen molar-refractivity contribution in [3.05, 3.63) is 29.8 Å². The first-order chi connectivity index (χ1) is 7.50. The van der Waals surface area contributed by atoms with Crippen LogP contribution in [0.4, 0.5) is 8.78 Å². The maximum atomic E-state index is 13.0. The SMILES string of the molecule is NC(=O)C(N)CCOc1cc(F)ccc1F. The summed E-state index contributed by atoms with van der Waals surface area (Å²) in [5.74, 6) is -2.15. The average Bonchev–Trinajstić information content (AvgIpc) is 2.22. The highest BCUT2D eigenvalue weighted by molar-refractivity contribution is 5.79. The predicted molar refractivity (Wildman–Crippen MR) is 53.6 cm³/mol. The molecule has 0 aromatic heterocycles. The van der Waals surface area contributed by atoms with Crippen molar-refractivity contribution in [3.63, 3.8) is 0 Å². The average molecular weight is 230 g/mol. The number of ether oxygens (including phenoxy) is 1. The first-order valence-electron chi connectivity index (χ1n) is 4.63. The third-order valence-electron chi connectivity index (χ3n) is 1.95. The number of nitrogens with two attached hydrogens (primary N) is 2. The van der Waals surface area contributed by atoms with Gasteiger partial charge in [0.25, 0.3) is 0 Å². The molecule has 1 atom stereocenters. The Morgan fingerprint density at radius 2 is 2.12 bits per heavy atom. The van der Waals surface area contributed by atoms with Crippen LogP contribution in [-0.2, 0) is 4.79 Å². The largest absolute Gasteiger partial charge is 0.490 e. The van der Waals surface area contributed by atoms with Crippen LogP contribution >= 0.6 is 0 Å². The summed E-state index contributed by atoms with van der Waals surface area (Å²) >= 11 is 0. The van der Waals surface area contributed by atoms with E-state index < -0.39 is 23.6 Å². The van der Waals surface area contributed by atoms with Crippen LogP contribution in [0.2, 0.25) is 0 Å². The second-order valence-electron chi connectivity index (χ2n) is 3.22. The summed E-state index contributed by atoms with van der Waals surface area (Å²) in [4.78, 5) is 10.6. The number of hydrogen-bond donors (Lipinski definition) is 2. The molecular formula is C10H12F2N2O2. The fraction of sp³-hybridized carbons (Fsp3) is 0.300. The molecular weight excluding hydrogens is 218 g/mol. The second-order valence-corrected chi connectivity index (χ2v) is 3.22. The highest BCUT2D eigenvalue weighted by atomic mass is 19.1. The lowest BCUT2D eigenvalue weighted by Crippen LogP contribution is -2.37. The Hall–Kier alpha value is -1.69. The van der Waals surface area contributed by atoms with Crippen molar-refractivity contribution in [3.8, 4) is 5.75 Å². The lowest BCUT2D eigenvalue weighted by atomic mass is 10.2. The maximum absolute atomic E-state index is 13.0. The molecule has 1 amide bonds. The van der Waals surface area contributed by atoms with Gasteiger partial charge in [0.2, 0.25) is 5.91 Å². The lowest BCUT2D eigenvalue weighted by Gasteiger charge is -2.09. The van der Waals surface area contributed by atoms with Crippen molar-refractivity contribution in [1.82, 2.24) is 0 Å². The maximum Gasteiger partial charge on any atom is 0.234 e. The summed E-state index contributed by atoms with van der Waals surface area (Å²) < 4.78 is 30.7. The van der Waals surface area contributed by atoms with E-state index in [0.717, 1.165) is 18.2 Å². The number of hydrogen-bond acceptors (Lipinski definition) is 3. The molecule has 0 saturated heterocycles. The number of benzene rings is 1. The molecule has 1 aromatic rings. The molecule has 0 heterocycles. The number of rotatable bonds is 5. The Balaban J connectivity index is 2.48. The van der Waals surface area contributed by atoms with Gasteiger partial charge in [-0.3, -0.25) is 4.79 Å². The molecule has 6 heteroatoms. The van der Waals surface area contributed by atoms with Gasteiger partial charge in [0.05, 0.1) is 12.6 Å². The van der Waals surface area contributed by atoms with Crippen LogP contribution in [0, 0.1) is 11.6 Å². The Morgan fingerprint density at radius 1 is 1.44 bits per heavy atom. The van der Waals surface area contributed by atoms with E-state index >= 15 is 0 Å². The summed E-state index contributed by atoms with van der Waals surface area (Å²) in [6.07, 6.45) is 0.144. The minimum Gasteiger partial charge on any atom is -0.490 e. The molecule has 0 aliphatic heterocycles. The van der Waals surface area contributed by atoms with Gasteiger partial charge in [-0.2, -0.15) is 0 Å². The number of halogens is 2. The van der Waals surface area contributed by atoms with E-state index in [0.29, 0.717) is 0 Å². The number of amides is 1. The van der Waals surface area contributed by atoms with Gasteiger partial charge >= 0.3 is 0 Å². The zero-order valence-corrected chi connectivity index (χ0v) is 8.45. The Kier molecular flexibility index (Phi) is 4.19. The van der Waals surface area contributed by atoms with Gasteiger partial charge in [-0.05, 0) is 12.1 Å². The zero-order chi connectivity index (χ0) is 12.1. The Morgan fingerprint density at radius 3 is 2.75 bits per heavy atom. The molecule has 1 rings (SSSR count). The molecule has 0 aliphatic carbocycles. The normalized spacial score (nSPS) is 12.2. The minimum absolute atomic E-state index is 0.00944. The van der Waals surface area contributed by atoms with Crippen molar-refractivity contribution in [1.29, 1.82) is 0 Å². The molecule has 0 saturated carbocycles. The highest BCUT2D eigenvalue weighted by Crippen LogP contribution is 2.18. The van der Waals surface area contributed by atoms with E-state index in [4.69, 9.17) is 16.2 Å². The van der Waals surface area contributed by atoms with E-state index in [1.807, 2.05) is 0 Å². The second kappa shape index (κ2) is 5.41. The van der Waals surface area contributed by atoms with Crippen molar-refractivity contribution in [2.75, 3.05) is 6.61 Å². The molecule has 4 N–H and O–H groups in total. The topological polar surface area (TPSA) is 78.3 Å². The first-order valence-corrected chi connectivity index (χ1v) is 4.63. The molecule has 1 aromatic carbocycles. The third kappa shape index (κ3) is 3.47. The van der Waals surface area contributed by atoms with Crippen LogP contribution in [0.15, 0.2) is 18.2 Å². The molecule has 16 heavy (non-hydrogen) atoms. The standard InChI is InChI=1S/C10H12F2N2O2/c11-6-1-2-7(12)9(5-6)16-4-3-8(13)10(14)15/h1-2,5,8H,3-4,13H2,(H2,14,15). The van der Waals surface area contributed by atoms with Crippen molar-refractivity contribution in [2.24, 2.45) is 11.5 Å². The fourth-order valence-corrected chi connectivity index (χ4v) is 1.03. The summed E-state index contributed by atoms with van der Waals surface area (Å²) in [7, 11) is 0. The molecule has 0 aliphatic rings. The van der Waals surface area contributed by atoms with Crippen molar-refractivity contribution in [2.45, 2.75) is 12.5 Å². The quantitative estimate of drug-likeness (QED) is 0.775. The predicted octanol–water partition coefficient (Wildman–Crippen LogP) is 0.546. The highest BCUT2D eigenvalue weighted by Gasteiger charge is 2.10. The molecule has 0 spiro atoms. The van der Waals surface area contributed by atoms with Crippen LogP contribution in [0.3, 0.4) is 0 Å². The number of carbonyl (C=O) groups excluding carboxylic acids is 1. The van der Waals surface area contributed by atoms with Gasteiger partial charge in [0.15, 0.2) is 11.6 Å². The summed E-state index contributed by atoms with van der Waals surface area (Å²) in [6.45, 7) is -0.00944. The Bertz CT molecular complexity index is 385. The van der Waals surface area contributed by atoms with Gasteiger partial charge in [-0.1, -0.05) is 0 Å². The van der Waals surface area contributed by atoms with E-state index in [1.54, 1.807) is 0 Å². The third-order valence-corrected chi connectivity index (χ3v) is 1.95. The first kappa shape index (κ1) is 12.4. The van der Waals surface area contributed by atoms with Gasteiger partial charge in [-0.15, -0.1) is 0 Å². The molecule has 4 nitrogen and oxygen atoms in total. The number of primary amides is 1. The van der Waals surface area contributed by atoms with Crippen LogP contribution in [0.1, 0.15) is 6.42 Å². The molecule has 0 radical (unpaired) electrons. The van der Waals surface area contributed by atoms with Crippen LogP contribution in [0.25, 0.3) is 0 Å². The van der Waals surface area contributed by atoms with Crippen molar-refractivity contribution >= 4 is 5.91 Å². The fourth-order valence-electron chi connectivity index (χ4n) is 1.03. The van der Waals surface area contributed by atoms with Gasteiger partial charge in [-0.25, -0.2) is 8.78 Å². The van der Waals surface area contributed by atoms with Gasteiger partial charge in [0.1, 0.15) is 5.82 Å². The summed E-state index contributed by atoms with van der Waals surface area (Å²) in [5, 5.41) is 0. The smallest absolute Gasteiger partial charge is 0.234 e. The lowest BCUT2D eigenvalue weighted by molar-refractivity contribution is -0.119. The molecule has 0 bridgehead atoms. The van der Waals surface area contributed by atoms with E-state index in [1.165, 1.54) is 0 Å². The van der Waals surface area contributed by atoms with Crippen LogP contribution in [0.5, 0.6) is 5.75 Å². The van der Waals surface area contributed by atoms with Crippen LogP contribution < -0.4 is 16.2 Å². The summed E-state index contributed by atoms with van der Waals surface area (Å²) in [5.41, 5.74) is 10.2. The number of carbonyl (C=O) groups is 1. The van der Waals surface area contributed by atoms with Gasteiger partial charge < -0.3 is 16.2 Å². The van der Waals surface area contributed by atoms with Crippen LogP contribution in [-0.4, -0.2) is 18.6 Å². The van der Waals surface area contributed by atoms with E-state index in [-0.39, 0.29) is 18.8 Å². The van der Waals surface area contributed by atoms with E-state index in [2.05, 4.69) is 0 Å². The Labute approximate surface area is 91.2 Å².